The molecule has 27 heavy (non-hydrogen) atoms. The fourth-order valence-electron chi connectivity index (χ4n) is 3.56. The quantitative estimate of drug-likeness (QED) is 0.763. The lowest BCUT2D eigenvalue weighted by Crippen LogP contribution is -2.36. The van der Waals surface area contributed by atoms with E-state index in [1.165, 1.54) is 42.2 Å². The Bertz CT molecular complexity index is 937. The van der Waals surface area contributed by atoms with Gasteiger partial charge in [-0.3, -0.25) is 9.78 Å². The number of aromatic nitrogens is 1. The van der Waals surface area contributed by atoms with Gasteiger partial charge in [-0.15, -0.1) is 0 Å². The molecule has 8 heteroatoms. The third-order valence-electron chi connectivity index (χ3n) is 5.01. The van der Waals surface area contributed by atoms with Crippen LogP contribution in [0.2, 0.25) is 5.02 Å². The second kappa shape index (κ2) is 6.87. The number of thioether (sulfide) groups is 1. The molecule has 2 aromatic rings. The van der Waals surface area contributed by atoms with E-state index in [1.807, 2.05) is 0 Å². The Labute approximate surface area is 164 Å². The van der Waals surface area contributed by atoms with Crippen molar-refractivity contribution >= 4 is 34.3 Å². The van der Waals surface area contributed by atoms with Gasteiger partial charge in [-0.05, 0) is 36.2 Å². The summed E-state index contributed by atoms with van der Waals surface area (Å²) in [6, 6.07) is 7.44. The van der Waals surface area contributed by atoms with Crippen LogP contribution in [0.5, 0.6) is 0 Å². The highest BCUT2D eigenvalue weighted by Gasteiger charge is 2.58. The first-order chi connectivity index (χ1) is 12.9. The lowest BCUT2D eigenvalue weighted by Gasteiger charge is -2.31. The van der Waals surface area contributed by atoms with E-state index < -0.39 is 18.0 Å². The van der Waals surface area contributed by atoms with Crippen molar-refractivity contribution in [1.82, 2.24) is 4.98 Å². The molecule has 1 aromatic carbocycles. The maximum Gasteiger partial charge on any atom is 0.185 e. The van der Waals surface area contributed by atoms with Gasteiger partial charge in [0, 0.05) is 29.3 Å². The van der Waals surface area contributed by atoms with Crippen molar-refractivity contribution in [2.24, 2.45) is 16.6 Å². The Kier molecular flexibility index (Phi) is 4.68. The summed E-state index contributed by atoms with van der Waals surface area (Å²) in [5.74, 6) is -0.856. The summed E-state index contributed by atoms with van der Waals surface area (Å²) in [5, 5.41) is 0.879. The van der Waals surface area contributed by atoms with Gasteiger partial charge in [0.25, 0.3) is 0 Å². The number of halogens is 3. The third kappa shape index (κ3) is 3.34. The molecule has 0 unspecified atom stereocenters. The number of rotatable bonds is 5. The minimum absolute atomic E-state index is 0.0202. The van der Waals surface area contributed by atoms with E-state index >= 15 is 0 Å². The van der Waals surface area contributed by atoms with Crippen molar-refractivity contribution in [2.45, 2.75) is 23.6 Å². The lowest BCUT2D eigenvalue weighted by molar-refractivity contribution is 0.0988. The molecule has 0 amide bonds. The molecule has 1 aliphatic heterocycles. The van der Waals surface area contributed by atoms with E-state index in [0.29, 0.717) is 10.6 Å². The molecular weight excluding hydrogens is 392 g/mol. The van der Waals surface area contributed by atoms with Gasteiger partial charge in [0.1, 0.15) is 23.7 Å². The van der Waals surface area contributed by atoms with Crippen LogP contribution in [-0.2, 0) is 12.0 Å². The van der Waals surface area contributed by atoms with E-state index in [2.05, 4.69) is 9.98 Å². The molecule has 1 aromatic heterocycles. The van der Waals surface area contributed by atoms with Crippen LogP contribution in [0.4, 0.5) is 8.78 Å². The molecule has 2 N–H and O–H groups in total. The molecular formula is C19H16ClF2N3OS. The van der Waals surface area contributed by atoms with Crippen molar-refractivity contribution in [2.75, 3.05) is 6.67 Å². The Morgan fingerprint density at radius 3 is 2.89 bits per heavy atom. The molecule has 4 rings (SSSR count). The van der Waals surface area contributed by atoms with Crippen molar-refractivity contribution in [3.8, 4) is 0 Å². The number of ketones is 1. The summed E-state index contributed by atoms with van der Waals surface area (Å²) in [6.07, 6.45) is 2.16. The summed E-state index contributed by atoms with van der Waals surface area (Å²) >= 11 is 7.20. The molecule has 2 aliphatic rings. The van der Waals surface area contributed by atoms with Gasteiger partial charge in [0.2, 0.25) is 0 Å². The van der Waals surface area contributed by atoms with Gasteiger partial charge in [-0.1, -0.05) is 29.4 Å². The number of fused-ring (bicyclic) bond motifs is 1. The minimum atomic E-state index is -1.30. The Morgan fingerprint density at radius 1 is 1.37 bits per heavy atom. The number of amidine groups is 1. The third-order valence-corrected chi connectivity index (χ3v) is 6.39. The number of hydrogen-bond donors (Lipinski definition) is 1. The van der Waals surface area contributed by atoms with Crippen LogP contribution in [-0.4, -0.2) is 27.9 Å². The molecule has 3 atom stereocenters. The van der Waals surface area contributed by atoms with Crippen LogP contribution in [0.25, 0.3) is 0 Å². The second-order valence-corrected chi connectivity index (χ2v) is 8.48. The zero-order valence-corrected chi connectivity index (χ0v) is 15.7. The number of hydrogen-bond acceptors (Lipinski definition) is 5. The highest BCUT2D eigenvalue weighted by Crippen LogP contribution is 2.58. The van der Waals surface area contributed by atoms with Crippen LogP contribution in [0, 0.1) is 11.7 Å². The predicted octanol–water partition coefficient (Wildman–Crippen LogP) is 3.91. The zero-order chi connectivity index (χ0) is 19.2. The molecule has 140 valence electrons. The van der Waals surface area contributed by atoms with Gasteiger partial charge in [0.15, 0.2) is 11.0 Å². The average Bonchev–Trinajstić information content (AvgIpc) is 3.43. The highest BCUT2D eigenvalue weighted by molar-refractivity contribution is 8.14. The molecule has 1 saturated carbocycles. The standard InChI is InChI=1S/C19H16ClF2N3OS/c20-11-2-4-15(24-8-11)16(26)6-10-1-3-14(22)12(5-10)19(9-21)13-7-17(13)27-18(23)25-19/h1-5,8,13,17H,6-7,9H2,(H2,23,25)/t13-,17+,19-/m1/s1. The minimum Gasteiger partial charge on any atom is -0.379 e. The van der Waals surface area contributed by atoms with Gasteiger partial charge in [-0.25, -0.2) is 13.8 Å². The summed E-state index contributed by atoms with van der Waals surface area (Å²) < 4.78 is 28.7. The first kappa shape index (κ1) is 18.4. The van der Waals surface area contributed by atoms with Crippen LogP contribution in [0.1, 0.15) is 28.0 Å². The van der Waals surface area contributed by atoms with Gasteiger partial charge in [0.05, 0.1) is 5.02 Å². The smallest absolute Gasteiger partial charge is 0.185 e. The number of alkyl halides is 1. The Balaban J connectivity index is 1.66. The summed E-state index contributed by atoms with van der Waals surface area (Å²) in [4.78, 5) is 20.8. The van der Waals surface area contributed by atoms with Gasteiger partial charge >= 0.3 is 0 Å². The van der Waals surface area contributed by atoms with Crippen LogP contribution >= 0.6 is 23.4 Å². The predicted molar refractivity (Wildman–Crippen MR) is 102 cm³/mol. The molecule has 2 heterocycles. The normalized spacial score (nSPS) is 26.3. The van der Waals surface area contributed by atoms with Crippen molar-refractivity contribution in [1.29, 1.82) is 0 Å². The van der Waals surface area contributed by atoms with Crippen molar-refractivity contribution in [3.05, 3.63) is 64.2 Å². The summed E-state index contributed by atoms with van der Waals surface area (Å²) in [6.45, 7) is -0.831. The Morgan fingerprint density at radius 2 is 2.19 bits per heavy atom. The maximum absolute atomic E-state index is 14.6. The number of aliphatic imine (C=N–C) groups is 1. The number of carbonyl (C=O) groups is 1. The number of Topliss-reactive ketones (excluding diaryl/α,β-unsaturated/α-hetero) is 1. The first-order valence-electron chi connectivity index (χ1n) is 8.44. The Hall–Kier alpha value is -1.99. The van der Waals surface area contributed by atoms with E-state index in [1.54, 1.807) is 6.07 Å². The van der Waals surface area contributed by atoms with E-state index in [4.69, 9.17) is 17.3 Å². The van der Waals surface area contributed by atoms with Gasteiger partial charge in [-0.2, -0.15) is 0 Å². The molecule has 0 saturated heterocycles. The second-order valence-electron chi connectivity index (χ2n) is 6.78. The number of carbonyl (C=O) groups excluding carboxylic acids is 1. The van der Waals surface area contributed by atoms with Crippen LogP contribution in [0.3, 0.4) is 0 Å². The SMILES string of the molecule is NC1=N[C@](CF)(c2cc(CC(=O)c3ccc(Cl)cn3)ccc2F)[C@@H]2C[C@@H]2S1. The number of pyridine rings is 1. The molecule has 1 aliphatic carbocycles. The summed E-state index contributed by atoms with van der Waals surface area (Å²) in [7, 11) is 0. The van der Waals surface area contributed by atoms with Crippen molar-refractivity contribution in [3.63, 3.8) is 0 Å². The van der Waals surface area contributed by atoms with Crippen LogP contribution < -0.4 is 5.73 Å². The van der Waals surface area contributed by atoms with Gasteiger partial charge < -0.3 is 5.73 Å². The first-order valence-corrected chi connectivity index (χ1v) is 9.70. The monoisotopic (exact) mass is 407 g/mol. The molecule has 0 radical (unpaired) electrons. The lowest BCUT2D eigenvalue weighted by atomic mass is 9.84. The average molecular weight is 408 g/mol. The van der Waals surface area contributed by atoms with Crippen LogP contribution in [0.15, 0.2) is 41.5 Å². The number of benzene rings is 1. The van der Waals surface area contributed by atoms with E-state index in [-0.39, 0.29) is 39.8 Å². The topological polar surface area (TPSA) is 68.3 Å². The fourth-order valence-corrected chi connectivity index (χ4v) is 4.89. The molecule has 4 nitrogen and oxygen atoms in total. The molecule has 0 bridgehead atoms. The number of nitrogens with two attached hydrogens (primary N) is 1. The molecule has 0 spiro atoms. The fraction of sp³-hybridized carbons (Fsp3) is 0.316. The largest absolute Gasteiger partial charge is 0.379 e. The zero-order valence-electron chi connectivity index (χ0n) is 14.2. The maximum atomic E-state index is 14.6. The van der Waals surface area contributed by atoms with E-state index in [9.17, 15) is 13.6 Å². The highest BCUT2D eigenvalue weighted by atomic mass is 35.5. The van der Waals surface area contributed by atoms with E-state index in [0.717, 1.165) is 6.42 Å². The number of nitrogens with zero attached hydrogens (tertiary/aromatic N) is 2. The molecule has 1 fully saturated rings. The summed E-state index contributed by atoms with van der Waals surface area (Å²) in [5.41, 5.74) is 5.55. The van der Waals surface area contributed by atoms with Crippen molar-refractivity contribution < 1.29 is 13.6 Å².